The monoisotopic (exact) mass is 1140 g/mol. The van der Waals surface area contributed by atoms with E-state index in [0.717, 1.165) is 78.1 Å². The van der Waals surface area contributed by atoms with Gasteiger partial charge >= 0.3 is 0 Å². The molecule has 6 heterocycles. The summed E-state index contributed by atoms with van der Waals surface area (Å²) in [6, 6.07) is 30.3. The summed E-state index contributed by atoms with van der Waals surface area (Å²) in [5.41, 5.74) is 9.51. The molecule has 6 aromatic heterocycles. The number of amides is 1. The van der Waals surface area contributed by atoms with Gasteiger partial charge in [-0.2, -0.15) is 19.2 Å². The normalized spacial score (nSPS) is 11.9. The molecule has 0 aliphatic carbocycles. The number of nitrogens with one attached hydrogen (secondary N) is 1. The van der Waals surface area contributed by atoms with Gasteiger partial charge in [0.1, 0.15) is 23.0 Å². The van der Waals surface area contributed by atoms with Crippen LogP contribution in [0.1, 0.15) is 170 Å². The summed E-state index contributed by atoms with van der Waals surface area (Å²) in [5, 5.41) is 32.2. The van der Waals surface area contributed by atoms with Crippen molar-refractivity contribution in [2.24, 2.45) is 0 Å². The third-order valence-corrected chi connectivity index (χ3v) is 15.5. The summed E-state index contributed by atoms with van der Waals surface area (Å²) in [4.78, 5) is 23.6. The Hall–Kier alpha value is -8.14. The number of pyridine rings is 1. The molecule has 444 valence electrons. The highest BCUT2D eigenvalue weighted by Gasteiger charge is 2.24. The standard InChI is InChI=1S/C40H59N7O3.C28H29N5O/c1-7-10-13-15-17-19-26-46(27-20-18-16-14-11-8-2)36-24-21-31(30(4)42-36)28-34-37(40(48)41-25-12-9-3)45-47-38(43-44-39(34)47)33-29-32(49-5)22-23-35(33)50-6;1-4-6-16-32(5-2)23-15-14-22(20(3)18-23)19-24-26(21-11-8-7-9-12-21)31-33-27(24)29-30-28(33)25-13-10-17-34-25/h21-24,28-29H,7-20,25-27H2,1-6H3,(H,41,48);7-15,17-19H,4-6,16H2,1-3H3/b34-28-;24-19-. The van der Waals surface area contributed by atoms with Crippen molar-refractivity contribution in [1.82, 2.24) is 49.9 Å². The Kier molecular flexibility index (Phi) is 23.2. The lowest BCUT2D eigenvalue weighted by Crippen LogP contribution is -2.29. The molecule has 16 nitrogen and oxygen atoms in total. The molecule has 1 amide bonds. The van der Waals surface area contributed by atoms with Crippen LogP contribution in [0.25, 0.3) is 57.7 Å². The van der Waals surface area contributed by atoms with Crippen LogP contribution in [-0.4, -0.2) is 97.5 Å². The quantitative estimate of drug-likeness (QED) is 0.0408. The Morgan fingerprint density at radius 3 is 1.89 bits per heavy atom. The van der Waals surface area contributed by atoms with E-state index in [1.807, 2.05) is 61.5 Å². The number of rotatable bonds is 31. The first-order valence-electron chi connectivity index (χ1n) is 30.9. The summed E-state index contributed by atoms with van der Waals surface area (Å²) in [6.07, 6.45) is 25.3. The number of carbonyl (C=O) groups is 1. The van der Waals surface area contributed by atoms with Gasteiger partial charge in [0.05, 0.1) is 31.3 Å². The average molecular weight is 1140 g/mol. The molecule has 84 heavy (non-hydrogen) atoms. The summed E-state index contributed by atoms with van der Waals surface area (Å²) in [6.45, 7) is 20.0. The molecular formula is C68H88N12O4. The second kappa shape index (κ2) is 31.5. The first-order valence-corrected chi connectivity index (χ1v) is 30.9. The molecule has 1 N–H and O–H groups in total. The third-order valence-electron chi connectivity index (χ3n) is 15.5. The number of nitrogens with zero attached hydrogens (tertiary/aromatic N) is 11. The minimum absolute atomic E-state index is 0.245. The number of ether oxygens (including phenoxy) is 2. The van der Waals surface area contributed by atoms with Crippen LogP contribution in [0, 0.1) is 13.8 Å². The van der Waals surface area contributed by atoms with Crippen molar-refractivity contribution in [3.8, 4) is 45.7 Å². The number of anilines is 2. The Balaban J connectivity index is 0.000000234. The largest absolute Gasteiger partial charge is 0.497 e. The lowest BCUT2D eigenvalue weighted by atomic mass is 10.0. The van der Waals surface area contributed by atoms with Gasteiger partial charge in [-0.3, -0.25) is 4.79 Å². The van der Waals surface area contributed by atoms with Crippen molar-refractivity contribution in [1.29, 1.82) is 0 Å². The topological polar surface area (TPSA) is 166 Å². The number of aromatic nitrogens is 9. The molecule has 0 unspecified atom stereocenters. The van der Waals surface area contributed by atoms with Crippen molar-refractivity contribution < 1.29 is 18.7 Å². The molecule has 0 saturated heterocycles. The predicted octanol–water partition coefficient (Wildman–Crippen LogP) is 13.7. The van der Waals surface area contributed by atoms with Crippen LogP contribution in [0.2, 0.25) is 0 Å². The number of methoxy groups -OCH3 is 2. The van der Waals surface area contributed by atoms with Crippen molar-refractivity contribution >= 4 is 40.9 Å². The van der Waals surface area contributed by atoms with Crippen molar-refractivity contribution in [2.45, 2.75) is 151 Å². The Morgan fingerprint density at radius 1 is 0.607 bits per heavy atom. The maximum Gasteiger partial charge on any atom is 0.272 e. The van der Waals surface area contributed by atoms with Crippen LogP contribution in [0.5, 0.6) is 11.5 Å². The van der Waals surface area contributed by atoms with Gasteiger partial charge in [0, 0.05) is 54.9 Å². The number of carbonyl (C=O) groups excluding carboxylic acids is 1. The molecule has 0 atom stereocenters. The van der Waals surface area contributed by atoms with E-state index in [2.05, 4.69) is 126 Å². The number of benzene rings is 3. The predicted molar refractivity (Wildman–Crippen MR) is 340 cm³/mol. The number of furan rings is 1. The van der Waals surface area contributed by atoms with E-state index in [0.29, 0.717) is 63.2 Å². The maximum atomic E-state index is 13.5. The lowest BCUT2D eigenvalue weighted by Gasteiger charge is -2.24. The Labute approximate surface area is 496 Å². The highest BCUT2D eigenvalue weighted by atomic mass is 16.5. The zero-order chi connectivity index (χ0) is 59.2. The van der Waals surface area contributed by atoms with E-state index in [-0.39, 0.29) is 5.91 Å². The fraction of sp³-hybridized carbons (Fsp3) is 0.441. The Bertz CT molecular complexity index is 3580. The number of fused-ring (bicyclic) bond motifs is 2. The molecule has 16 heteroatoms. The van der Waals surface area contributed by atoms with E-state index < -0.39 is 0 Å². The summed E-state index contributed by atoms with van der Waals surface area (Å²) in [5.74, 6) is 3.72. The maximum absolute atomic E-state index is 13.5. The third kappa shape index (κ3) is 15.5. The van der Waals surface area contributed by atoms with E-state index in [4.69, 9.17) is 29.1 Å². The van der Waals surface area contributed by atoms with Gasteiger partial charge in [0.2, 0.25) is 5.82 Å². The molecule has 0 aliphatic heterocycles. The molecule has 3 aromatic carbocycles. The second-order valence-electron chi connectivity index (χ2n) is 21.7. The average Bonchev–Trinajstić information content (AvgIpc) is 2.42. The van der Waals surface area contributed by atoms with Gasteiger partial charge in [-0.05, 0) is 130 Å². The van der Waals surface area contributed by atoms with Crippen molar-refractivity contribution in [3.05, 3.63) is 136 Å². The molecule has 0 saturated carbocycles. The van der Waals surface area contributed by atoms with Gasteiger partial charge in [0.25, 0.3) is 5.91 Å². The van der Waals surface area contributed by atoms with Crippen LogP contribution in [-0.2, 0) is 0 Å². The smallest absolute Gasteiger partial charge is 0.272 e. The highest BCUT2D eigenvalue weighted by Crippen LogP contribution is 2.33. The van der Waals surface area contributed by atoms with Gasteiger partial charge < -0.3 is 29.0 Å². The van der Waals surface area contributed by atoms with Gasteiger partial charge in [-0.25, -0.2) is 4.98 Å². The van der Waals surface area contributed by atoms with Crippen LogP contribution in [0.3, 0.4) is 0 Å². The minimum atomic E-state index is -0.245. The number of hydrogen-bond acceptors (Lipinski definition) is 13. The zero-order valence-electron chi connectivity index (χ0n) is 51.3. The first kappa shape index (κ1) is 61.9. The fourth-order valence-electron chi connectivity index (χ4n) is 10.6. The summed E-state index contributed by atoms with van der Waals surface area (Å²) >= 11 is 0. The van der Waals surface area contributed by atoms with Gasteiger partial charge in [-0.1, -0.05) is 141 Å². The van der Waals surface area contributed by atoms with Crippen LogP contribution in [0.4, 0.5) is 11.5 Å². The number of hydrogen-bond donors (Lipinski definition) is 1. The molecule has 0 fully saturated rings. The zero-order valence-corrected chi connectivity index (χ0v) is 51.3. The summed E-state index contributed by atoms with van der Waals surface area (Å²) < 4.78 is 20.1. The second-order valence-corrected chi connectivity index (χ2v) is 21.7. The molecule has 9 aromatic rings. The van der Waals surface area contributed by atoms with Crippen LogP contribution < -0.4 is 35.0 Å². The van der Waals surface area contributed by atoms with Gasteiger partial charge in [-0.15, -0.1) is 20.4 Å². The molecule has 0 radical (unpaired) electrons. The summed E-state index contributed by atoms with van der Waals surface area (Å²) in [7, 11) is 3.22. The molecule has 0 spiro atoms. The van der Waals surface area contributed by atoms with E-state index in [1.165, 1.54) is 101 Å². The SMILES string of the molecule is CCCCCCCCN(CCCCCCCC)c1ccc(/C=c2/c(C(=O)NCCCC)nn3c(-c4cc(OC)ccc4OC)nnc23)c(C)n1.CCCCN(CC)c1ccc(/C=c2/c(-c3ccccc3)nn3c(-c4ccco4)nnc23)c(C)c1. The van der Waals surface area contributed by atoms with Crippen LogP contribution in [0.15, 0.2) is 102 Å². The van der Waals surface area contributed by atoms with Crippen molar-refractivity contribution in [2.75, 3.05) is 56.7 Å². The van der Waals surface area contributed by atoms with E-state index >= 15 is 0 Å². The van der Waals surface area contributed by atoms with Crippen molar-refractivity contribution in [3.63, 3.8) is 0 Å². The molecule has 9 rings (SSSR count). The highest BCUT2D eigenvalue weighted by molar-refractivity contribution is 5.94. The Morgan fingerprint density at radius 2 is 1.25 bits per heavy atom. The molecule has 0 bridgehead atoms. The number of unbranched alkanes of at least 4 members (excludes halogenated alkanes) is 12. The van der Waals surface area contributed by atoms with E-state index in [9.17, 15) is 4.79 Å². The fourth-order valence-corrected chi connectivity index (χ4v) is 10.6. The molecule has 0 aliphatic rings. The molecular weight excluding hydrogens is 1050 g/mol. The van der Waals surface area contributed by atoms with Gasteiger partial charge in [0.15, 0.2) is 28.6 Å². The number of aryl methyl sites for hydroxylation is 2. The first-order chi connectivity index (χ1) is 41.1. The van der Waals surface area contributed by atoms with E-state index in [1.54, 1.807) is 29.5 Å². The minimum Gasteiger partial charge on any atom is -0.497 e. The van der Waals surface area contributed by atoms with Crippen LogP contribution >= 0.6 is 0 Å². The lowest BCUT2D eigenvalue weighted by molar-refractivity contribution is 0.0947.